The van der Waals surface area contributed by atoms with E-state index in [1.807, 2.05) is 38.2 Å². The lowest BCUT2D eigenvalue weighted by Gasteiger charge is -2.06. The molecule has 0 aromatic carbocycles. The maximum atomic E-state index is 5.34. The number of hydrogen-bond acceptors (Lipinski definition) is 1. The van der Waals surface area contributed by atoms with E-state index in [0.717, 1.165) is 17.8 Å². The summed E-state index contributed by atoms with van der Waals surface area (Å²) in [7, 11) is 0. The Kier molecular flexibility index (Phi) is 7.62. The molecule has 0 atom stereocenters. The van der Waals surface area contributed by atoms with Crippen molar-refractivity contribution in [1.29, 1.82) is 0 Å². The van der Waals surface area contributed by atoms with Crippen molar-refractivity contribution < 1.29 is 4.74 Å². The van der Waals surface area contributed by atoms with Gasteiger partial charge in [-0.3, -0.25) is 0 Å². The molecule has 14 heavy (non-hydrogen) atoms. The molecule has 1 nitrogen and oxygen atoms in total. The number of rotatable bonds is 6. The normalized spacial score (nSPS) is 12.6. The van der Waals surface area contributed by atoms with Gasteiger partial charge >= 0.3 is 0 Å². The lowest BCUT2D eigenvalue weighted by atomic mass is 10.2. The minimum Gasteiger partial charge on any atom is -0.494 e. The predicted molar refractivity (Wildman–Crippen MR) is 63.1 cm³/mol. The molecule has 0 saturated heterocycles. The van der Waals surface area contributed by atoms with Crippen LogP contribution in [-0.4, -0.2) is 6.61 Å². The summed E-state index contributed by atoms with van der Waals surface area (Å²) in [5.74, 6) is 0.728. The van der Waals surface area contributed by atoms with E-state index in [-0.39, 0.29) is 0 Å². The molecule has 0 saturated carbocycles. The smallest absolute Gasteiger partial charge is 0.119 e. The van der Waals surface area contributed by atoms with Gasteiger partial charge in [-0.2, -0.15) is 0 Å². The van der Waals surface area contributed by atoms with E-state index >= 15 is 0 Å². The molecule has 0 rings (SSSR count). The van der Waals surface area contributed by atoms with E-state index in [2.05, 4.69) is 19.6 Å². The molecule has 0 unspecified atom stereocenters. The highest BCUT2D eigenvalue weighted by atomic mass is 16.5. The summed E-state index contributed by atoms with van der Waals surface area (Å²) >= 11 is 0. The Morgan fingerprint density at radius 3 is 2.57 bits per heavy atom. The highest BCUT2D eigenvalue weighted by molar-refractivity contribution is 5.36. The molecule has 0 aromatic rings. The van der Waals surface area contributed by atoms with Gasteiger partial charge in [-0.05, 0) is 20.3 Å². The molecule has 0 aliphatic rings. The monoisotopic (exact) mass is 192 g/mol. The van der Waals surface area contributed by atoms with Gasteiger partial charge in [-0.1, -0.05) is 43.9 Å². The molecule has 0 bridgehead atoms. The molecule has 0 heterocycles. The molecule has 0 aliphatic carbocycles. The van der Waals surface area contributed by atoms with Crippen LogP contribution in [-0.2, 0) is 4.74 Å². The second-order valence-corrected chi connectivity index (χ2v) is 2.81. The van der Waals surface area contributed by atoms with Gasteiger partial charge in [0.05, 0.1) is 6.61 Å². The minimum absolute atomic E-state index is 0.658. The van der Waals surface area contributed by atoms with E-state index in [0.29, 0.717) is 6.61 Å². The zero-order valence-corrected chi connectivity index (χ0v) is 9.42. The van der Waals surface area contributed by atoms with Crippen molar-refractivity contribution in [3.63, 3.8) is 0 Å². The first-order chi connectivity index (χ1) is 6.76. The molecule has 0 spiro atoms. The van der Waals surface area contributed by atoms with Crippen LogP contribution in [0.3, 0.4) is 0 Å². The highest BCUT2D eigenvalue weighted by Crippen LogP contribution is 2.11. The number of ether oxygens (including phenoxy) is 1. The van der Waals surface area contributed by atoms with Crippen LogP contribution in [0, 0.1) is 0 Å². The van der Waals surface area contributed by atoms with E-state index in [4.69, 9.17) is 4.74 Å². The fourth-order valence-corrected chi connectivity index (χ4v) is 0.986. The van der Waals surface area contributed by atoms with Gasteiger partial charge in [0.1, 0.15) is 5.76 Å². The predicted octanol–water partition coefficient (Wildman–Crippen LogP) is 4.01. The Morgan fingerprint density at radius 2 is 2.07 bits per heavy atom. The van der Waals surface area contributed by atoms with Gasteiger partial charge in [0.15, 0.2) is 0 Å². The molecular weight excluding hydrogens is 172 g/mol. The lowest BCUT2D eigenvalue weighted by Crippen LogP contribution is -1.91. The lowest BCUT2D eigenvalue weighted by molar-refractivity contribution is 0.241. The third-order valence-corrected chi connectivity index (χ3v) is 1.63. The van der Waals surface area contributed by atoms with Crippen LogP contribution in [0.5, 0.6) is 0 Å². The molecule has 0 fully saturated rings. The second-order valence-electron chi connectivity index (χ2n) is 2.81. The average Bonchev–Trinajstić information content (AvgIpc) is 2.17. The largest absolute Gasteiger partial charge is 0.494 e. The molecular formula is C13H20O. The van der Waals surface area contributed by atoms with Crippen molar-refractivity contribution in [2.75, 3.05) is 6.61 Å². The van der Waals surface area contributed by atoms with Crippen molar-refractivity contribution in [3.05, 3.63) is 48.3 Å². The Bertz CT molecular complexity index is 244. The maximum absolute atomic E-state index is 5.34. The third-order valence-electron chi connectivity index (χ3n) is 1.63. The van der Waals surface area contributed by atoms with Gasteiger partial charge in [-0.25, -0.2) is 0 Å². The van der Waals surface area contributed by atoms with Gasteiger partial charge < -0.3 is 4.74 Å². The Labute approximate surface area is 87.5 Å². The van der Waals surface area contributed by atoms with Gasteiger partial charge in [0, 0.05) is 5.57 Å². The highest BCUT2D eigenvalue weighted by Gasteiger charge is 1.96. The SMILES string of the molecule is C=C(OCC)C(/C=C\C)=C/C=C/CC. The molecule has 0 N–H and O–H groups in total. The van der Waals surface area contributed by atoms with Gasteiger partial charge in [0.25, 0.3) is 0 Å². The molecule has 0 aliphatic heterocycles. The summed E-state index contributed by atoms with van der Waals surface area (Å²) in [5, 5.41) is 0. The van der Waals surface area contributed by atoms with Crippen LogP contribution in [0.2, 0.25) is 0 Å². The molecule has 78 valence electrons. The van der Waals surface area contributed by atoms with E-state index < -0.39 is 0 Å². The first-order valence-corrected chi connectivity index (χ1v) is 5.07. The van der Waals surface area contributed by atoms with Crippen molar-refractivity contribution in [2.24, 2.45) is 0 Å². The van der Waals surface area contributed by atoms with Crippen molar-refractivity contribution in [3.8, 4) is 0 Å². The summed E-state index contributed by atoms with van der Waals surface area (Å²) in [5.41, 5.74) is 1.03. The zero-order valence-electron chi connectivity index (χ0n) is 9.42. The summed E-state index contributed by atoms with van der Waals surface area (Å²) < 4.78 is 5.34. The third kappa shape index (κ3) is 5.41. The average molecular weight is 192 g/mol. The summed E-state index contributed by atoms with van der Waals surface area (Å²) in [6.45, 7) is 10.6. The number of hydrogen-bond donors (Lipinski definition) is 0. The maximum Gasteiger partial charge on any atom is 0.119 e. The fraction of sp³-hybridized carbons (Fsp3) is 0.385. The molecule has 0 radical (unpaired) electrons. The van der Waals surface area contributed by atoms with Crippen molar-refractivity contribution in [1.82, 2.24) is 0 Å². The van der Waals surface area contributed by atoms with Crippen molar-refractivity contribution in [2.45, 2.75) is 27.2 Å². The van der Waals surface area contributed by atoms with Crippen LogP contribution in [0.15, 0.2) is 48.3 Å². The topological polar surface area (TPSA) is 9.23 Å². The van der Waals surface area contributed by atoms with Crippen molar-refractivity contribution >= 4 is 0 Å². The molecule has 0 amide bonds. The Hall–Kier alpha value is -1.24. The Morgan fingerprint density at radius 1 is 1.36 bits per heavy atom. The Balaban J connectivity index is 4.49. The van der Waals surface area contributed by atoms with Gasteiger partial charge in [-0.15, -0.1) is 0 Å². The van der Waals surface area contributed by atoms with Crippen LogP contribution in [0.1, 0.15) is 27.2 Å². The van der Waals surface area contributed by atoms with Gasteiger partial charge in [0.2, 0.25) is 0 Å². The van der Waals surface area contributed by atoms with Crippen LogP contribution in [0.4, 0.5) is 0 Å². The summed E-state index contributed by atoms with van der Waals surface area (Å²) in [6.07, 6.45) is 11.2. The quantitative estimate of drug-likeness (QED) is 0.456. The summed E-state index contributed by atoms with van der Waals surface area (Å²) in [6, 6.07) is 0. The first-order valence-electron chi connectivity index (χ1n) is 5.07. The number of allylic oxidation sites excluding steroid dienone is 5. The molecule has 1 heteroatoms. The first kappa shape index (κ1) is 12.8. The molecule has 0 aromatic heterocycles. The minimum atomic E-state index is 0.658. The van der Waals surface area contributed by atoms with E-state index in [9.17, 15) is 0 Å². The van der Waals surface area contributed by atoms with E-state index in [1.54, 1.807) is 0 Å². The van der Waals surface area contributed by atoms with Crippen LogP contribution in [0.25, 0.3) is 0 Å². The standard InChI is InChI=1S/C13H20O/c1-5-8-9-11-13(10-6-2)12(4)14-7-3/h6,8-11H,4-5,7H2,1-3H3/b9-8+,10-6-,13-11+. The second kappa shape index (κ2) is 8.36. The zero-order chi connectivity index (χ0) is 10.8. The summed E-state index contributed by atoms with van der Waals surface area (Å²) in [4.78, 5) is 0. The fourth-order valence-electron chi connectivity index (χ4n) is 0.986. The van der Waals surface area contributed by atoms with Crippen LogP contribution >= 0.6 is 0 Å². The van der Waals surface area contributed by atoms with E-state index in [1.165, 1.54) is 0 Å². The van der Waals surface area contributed by atoms with Crippen LogP contribution < -0.4 is 0 Å².